The van der Waals surface area contributed by atoms with Crippen LogP contribution in [0.15, 0.2) is 43.1 Å². The summed E-state index contributed by atoms with van der Waals surface area (Å²) >= 11 is 0. The van der Waals surface area contributed by atoms with Crippen LogP contribution in [0.5, 0.6) is 5.75 Å². The second kappa shape index (κ2) is 8.83. The van der Waals surface area contributed by atoms with Crippen molar-refractivity contribution in [1.29, 1.82) is 0 Å². The summed E-state index contributed by atoms with van der Waals surface area (Å²) in [6, 6.07) is 7.96. The van der Waals surface area contributed by atoms with Crippen LogP contribution in [0, 0.1) is 11.8 Å². The van der Waals surface area contributed by atoms with E-state index in [0.29, 0.717) is 11.8 Å². The molecule has 2 bridgehead atoms. The highest BCUT2D eigenvalue weighted by molar-refractivity contribution is 5.83. The van der Waals surface area contributed by atoms with Crippen LogP contribution in [-0.4, -0.2) is 52.9 Å². The molecular formula is C22H30N2O3. The second-order valence-electron chi connectivity index (χ2n) is 7.29. The van der Waals surface area contributed by atoms with Crippen molar-refractivity contribution in [2.45, 2.75) is 31.9 Å². The van der Waals surface area contributed by atoms with Gasteiger partial charge in [0.25, 0.3) is 0 Å². The quantitative estimate of drug-likeness (QED) is 0.810. The molecule has 5 rings (SSSR count). The number of hydrogen-bond acceptors (Lipinski definition) is 5. The number of nitrogens with zero attached hydrogens (tertiary/aromatic N) is 2. The van der Waals surface area contributed by atoms with Gasteiger partial charge in [0.05, 0.1) is 18.7 Å². The Bertz CT molecular complexity index is 779. The molecule has 5 nitrogen and oxygen atoms in total. The molecule has 1 aromatic heterocycles. The van der Waals surface area contributed by atoms with Crippen LogP contribution in [0.4, 0.5) is 0 Å². The van der Waals surface area contributed by atoms with E-state index in [0.717, 1.165) is 41.7 Å². The summed E-state index contributed by atoms with van der Waals surface area (Å²) in [6.07, 6.45) is 5.62. The van der Waals surface area contributed by atoms with Crippen molar-refractivity contribution in [2.75, 3.05) is 26.8 Å². The summed E-state index contributed by atoms with van der Waals surface area (Å²) < 4.78 is 5.35. The van der Waals surface area contributed by atoms with Crippen LogP contribution in [0.2, 0.25) is 0 Å². The molecular weight excluding hydrogens is 340 g/mol. The van der Waals surface area contributed by atoms with E-state index < -0.39 is 6.10 Å². The topological polar surface area (TPSA) is 65.8 Å². The maximum absolute atomic E-state index is 11.2. The van der Waals surface area contributed by atoms with Gasteiger partial charge in [0.2, 0.25) is 0 Å². The first-order chi connectivity index (χ1) is 13.1. The first-order valence-electron chi connectivity index (χ1n) is 9.71. The zero-order valence-electron chi connectivity index (χ0n) is 16.2. The number of aliphatic hydroxyl groups is 2. The van der Waals surface area contributed by atoms with Gasteiger partial charge in [0.1, 0.15) is 5.75 Å². The summed E-state index contributed by atoms with van der Waals surface area (Å²) in [4.78, 5) is 6.86. The predicted octanol–water partition coefficient (Wildman–Crippen LogP) is 3.17. The summed E-state index contributed by atoms with van der Waals surface area (Å²) in [6.45, 7) is 8.00. The molecule has 3 aliphatic heterocycles. The largest absolute Gasteiger partial charge is 0.497 e. The number of rotatable bonds is 4. The normalized spacial score (nSPS) is 27.6. The molecule has 5 heteroatoms. The Kier molecular flexibility index (Phi) is 6.47. The van der Waals surface area contributed by atoms with Crippen LogP contribution in [0.1, 0.15) is 31.4 Å². The molecule has 2 aromatic rings. The van der Waals surface area contributed by atoms with Crippen molar-refractivity contribution in [3.63, 3.8) is 0 Å². The lowest BCUT2D eigenvalue weighted by atomic mass is 9.73. The van der Waals surface area contributed by atoms with Gasteiger partial charge in [-0.05, 0) is 68.0 Å². The third-order valence-electron chi connectivity index (χ3n) is 5.82. The Morgan fingerprint density at radius 2 is 2.19 bits per heavy atom. The number of ether oxygens (including phenoxy) is 1. The maximum Gasteiger partial charge on any atom is 0.119 e. The van der Waals surface area contributed by atoms with Gasteiger partial charge >= 0.3 is 0 Å². The van der Waals surface area contributed by atoms with E-state index in [1.54, 1.807) is 20.2 Å². The number of hydrogen-bond donors (Lipinski definition) is 2. The van der Waals surface area contributed by atoms with Crippen LogP contribution < -0.4 is 4.74 Å². The van der Waals surface area contributed by atoms with E-state index in [9.17, 15) is 5.11 Å². The molecule has 5 atom stereocenters. The van der Waals surface area contributed by atoms with Crippen LogP contribution in [0.3, 0.4) is 0 Å². The first kappa shape index (κ1) is 19.8. The van der Waals surface area contributed by atoms with Gasteiger partial charge in [0.15, 0.2) is 0 Å². The lowest BCUT2D eigenvalue weighted by Crippen LogP contribution is -2.54. The summed E-state index contributed by atoms with van der Waals surface area (Å²) in [5.74, 6) is 2.01. The van der Waals surface area contributed by atoms with E-state index in [1.807, 2.05) is 24.3 Å². The van der Waals surface area contributed by atoms with Crippen LogP contribution in [-0.2, 0) is 0 Å². The van der Waals surface area contributed by atoms with Crippen LogP contribution in [0.25, 0.3) is 10.9 Å². The van der Waals surface area contributed by atoms with Crippen LogP contribution >= 0.6 is 0 Å². The maximum atomic E-state index is 11.2. The highest BCUT2D eigenvalue weighted by Crippen LogP contribution is 2.42. The number of aliphatic hydroxyl groups excluding tert-OH is 2. The number of methoxy groups -OCH3 is 1. The van der Waals surface area contributed by atoms with Gasteiger partial charge in [0, 0.05) is 30.8 Å². The van der Waals surface area contributed by atoms with Gasteiger partial charge in [-0.2, -0.15) is 0 Å². The molecule has 2 N–H and O–H groups in total. The molecule has 0 aliphatic carbocycles. The zero-order valence-corrected chi connectivity index (χ0v) is 16.2. The van der Waals surface area contributed by atoms with Gasteiger partial charge in [-0.1, -0.05) is 6.08 Å². The number of piperidine rings is 3. The van der Waals surface area contributed by atoms with Gasteiger partial charge < -0.3 is 14.9 Å². The van der Waals surface area contributed by atoms with E-state index in [1.165, 1.54) is 6.42 Å². The molecule has 0 saturated carbocycles. The number of aromatic nitrogens is 1. The van der Waals surface area contributed by atoms with Gasteiger partial charge in [-0.3, -0.25) is 9.88 Å². The highest BCUT2D eigenvalue weighted by atomic mass is 16.5. The average molecular weight is 370 g/mol. The highest BCUT2D eigenvalue weighted by Gasteiger charge is 2.42. The van der Waals surface area contributed by atoms with E-state index >= 15 is 0 Å². The Balaban J connectivity index is 0.000000659. The number of pyridine rings is 1. The van der Waals surface area contributed by atoms with Crippen molar-refractivity contribution >= 4 is 10.9 Å². The first-order valence-corrected chi connectivity index (χ1v) is 9.71. The third-order valence-corrected chi connectivity index (χ3v) is 5.82. The lowest BCUT2D eigenvalue weighted by molar-refractivity contribution is -0.0444. The molecule has 1 aromatic carbocycles. The molecule has 146 valence electrons. The summed E-state index contributed by atoms with van der Waals surface area (Å²) in [5, 5.41) is 19.7. The molecule has 3 fully saturated rings. The Morgan fingerprint density at radius 3 is 2.81 bits per heavy atom. The fraction of sp³-hybridized carbons (Fsp3) is 0.500. The molecule has 1 unspecified atom stereocenters. The van der Waals surface area contributed by atoms with Crippen molar-refractivity contribution in [3.8, 4) is 5.75 Å². The summed E-state index contributed by atoms with van der Waals surface area (Å²) in [5.41, 5.74) is 1.85. The smallest absolute Gasteiger partial charge is 0.119 e. The third kappa shape index (κ3) is 4.00. The molecule has 3 saturated heterocycles. The lowest BCUT2D eigenvalue weighted by Gasteiger charge is -2.50. The average Bonchev–Trinajstić information content (AvgIpc) is 2.73. The summed E-state index contributed by atoms with van der Waals surface area (Å²) in [7, 11) is 1.66. The van der Waals surface area contributed by atoms with Crippen molar-refractivity contribution in [1.82, 2.24) is 9.88 Å². The molecule has 0 radical (unpaired) electrons. The van der Waals surface area contributed by atoms with Crippen molar-refractivity contribution < 1.29 is 14.9 Å². The van der Waals surface area contributed by atoms with E-state index in [2.05, 4.69) is 22.5 Å². The minimum absolute atomic E-state index is 0.178. The monoisotopic (exact) mass is 370 g/mol. The number of benzene rings is 1. The second-order valence-corrected chi connectivity index (χ2v) is 7.29. The fourth-order valence-electron chi connectivity index (χ4n) is 4.44. The van der Waals surface area contributed by atoms with Gasteiger partial charge in [-0.25, -0.2) is 0 Å². The fourth-order valence-corrected chi connectivity index (χ4v) is 4.44. The zero-order chi connectivity index (χ0) is 19.4. The minimum Gasteiger partial charge on any atom is -0.497 e. The molecule has 3 aliphatic rings. The SMILES string of the molecule is C=C[C@H]1CN2CC[C@H]1C[C@H]2[C@H](O)c1ccnc2ccc(OC)cc12.CCO. The van der Waals surface area contributed by atoms with Crippen molar-refractivity contribution in [2.24, 2.45) is 11.8 Å². The Hall–Kier alpha value is -1.95. The Labute approximate surface area is 161 Å². The van der Waals surface area contributed by atoms with E-state index in [4.69, 9.17) is 9.84 Å². The minimum atomic E-state index is -0.504. The van der Waals surface area contributed by atoms with Gasteiger partial charge in [-0.15, -0.1) is 6.58 Å². The van der Waals surface area contributed by atoms with Crippen molar-refractivity contribution in [3.05, 3.63) is 48.7 Å². The molecule has 27 heavy (non-hydrogen) atoms. The van der Waals surface area contributed by atoms with E-state index in [-0.39, 0.29) is 12.6 Å². The predicted molar refractivity (Wildman–Crippen MR) is 108 cm³/mol. The molecule has 4 heterocycles. The molecule has 0 spiro atoms. The standard InChI is InChI=1S/C20H24N2O2.C2H6O/c1-3-13-12-22-9-7-14(13)10-19(22)20(23)16-6-8-21-18-5-4-15(24-2)11-17(16)18;1-2-3/h3-6,8,11,13-14,19-20,23H,1,7,9-10,12H2,2H3;3H,2H2,1H3/t13-,14-,19-,20+;/m0./s1. The number of fused-ring (bicyclic) bond motifs is 4. The molecule has 0 amide bonds. The Morgan fingerprint density at radius 1 is 1.41 bits per heavy atom.